The molecule has 4 aliphatic heterocycles. The molecule has 4 fully saturated rings. The molecular weight excluding hydrogens is 1080 g/mol. The molecular formula is C53H115N11O14P2. The number of carbonyl (C=O) groups excluding carboxylic acids is 4. The second-order valence-electron chi connectivity index (χ2n) is 27.1. The number of hydroxylamine groups is 8. The lowest BCUT2D eigenvalue weighted by Crippen LogP contribution is -2.62. The van der Waals surface area contributed by atoms with Gasteiger partial charge in [0.1, 0.15) is 0 Å². The highest BCUT2D eigenvalue weighted by Crippen LogP contribution is 2.41. The van der Waals surface area contributed by atoms with Crippen LogP contribution in [0.25, 0.3) is 0 Å². The Labute approximate surface area is 480 Å². The average Bonchev–Trinajstić information content (AvgIpc) is 3.22. The number of rotatable bonds is 14. The monoisotopic (exact) mass is 1190 g/mol. The molecule has 476 valence electrons. The van der Waals surface area contributed by atoms with Crippen molar-refractivity contribution in [2.45, 2.75) is 278 Å². The summed E-state index contributed by atoms with van der Waals surface area (Å²) >= 11 is 0. The van der Waals surface area contributed by atoms with Gasteiger partial charge in [0.05, 0.1) is 0 Å². The maximum Gasteiger partial charge on any atom is 0.325 e. The summed E-state index contributed by atoms with van der Waals surface area (Å²) in [7, 11) is -7.88. The molecule has 0 atom stereocenters. The largest absolute Gasteiger partial charge is 0.353 e. The Balaban J connectivity index is 0. The number of unbranched alkanes of at least 4 members (excludes halogenated alkanes) is 2. The van der Waals surface area contributed by atoms with Gasteiger partial charge in [-0.3, -0.25) is 28.3 Å². The fraction of sp³-hybridized carbons (Fsp3) is 0.925. The number of nitrogens with one attached hydrogen (secondary N) is 5. The molecule has 0 aromatic carbocycles. The van der Waals surface area contributed by atoms with Crippen LogP contribution in [0.2, 0.25) is 0 Å². The fourth-order valence-corrected chi connectivity index (χ4v) is 13.1. The third-order valence-electron chi connectivity index (χ3n) is 14.2. The van der Waals surface area contributed by atoms with Crippen molar-refractivity contribution < 1.29 is 68.7 Å². The summed E-state index contributed by atoms with van der Waals surface area (Å²) in [5.41, 5.74) is 7.96. The van der Waals surface area contributed by atoms with Crippen LogP contribution in [0.5, 0.6) is 0 Å². The standard InChI is InChI=1S/4C11H22N2O2.C5H14O6P2.C4H13N3/c4*1-8(14)12-9-6-10(2,3)13(15)11(4,5)7-9;6-12(7,8)4-2-1-3-5-13(9,10)11;5-1-3-7-4-2-6/h4*9,15H,6-7H2,1-5H3,(H,12,14);1-5H2,(H2,6,7,8)(H2,9,10,11);7H,1-6H2. The predicted octanol–water partition coefficient (Wildman–Crippen LogP) is 5.14. The first-order chi connectivity index (χ1) is 35.7. The number of nitrogens with zero attached hydrogens (tertiary/aromatic N) is 4. The van der Waals surface area contributed by atoms with Gasteiger partial charge in [0.2, 0.25) is 23.6 Å². The Kier molecular flexibility index (Phi) is 32.8. The number of nitrogens with two attached hydrogens (primary N) is 2. The Hall–Kier alpha value is -2.26. The highest BCUT2D eigenvalue weighted by Gasteiger charge is 2.48. The molecule has 0 bridgehead atoms. The molecule has 4 amide bonds. The third-order valence-corrected chi connectivity index (χ3v) is 16.0. The van der Waals surface area contributed by atoms with Crippen LogP contribution in [-0.4, -0.2) is 191 Å². The summed E-state index contributed by atoms with van der Waals surface area (Å²) < 4.78 is 20.7. The molecule has 4 rings (SSSR count). The molecule has 0 saturated carbocycles. The average molecular weight is 1190 g/mol. The summed E-state index contributed by atoms with van der Waals surface area (Å²) in [6.45, 7) is 41.1. The van der Waals surface area contributed by atoms with Crippen LogP contribution in [0, 0.1) is 0 Å². The molecule has 0 radical (unpaired) electrons. The summed E-state index contributed by atoms with van der Waals surface area (Å²) in [6, 6.07) is 0.596. The Morgan fingerprint density at radius 1 is 0.388 bits per heavy atom. The van der Waals surface area contributed by atoms with E-state index in [1.54, 1.807) is 0 Å². The van der Waals surface area contributed by atoms with E-state index in [2.05, 4.69) is 26.6 Å². The molecule has 0 aliphatic carbocycles. The van der Waals surface area contributed by atoms with Crippen molar-refractivity contribution in [3.05, 3.63) is 0 Å². The molecule has 17 N–H and O–H groups in total. The molecule has 0 spiro atoms. The smallest absolute Gasteiger partial charge is 0.325 e. The lowest BCUT2D eigenvalue weighted by Gasteiger charge is -2.51. The van der Waals surface area contributed by atoms with Gasteiger partial charge in [0.25, 0.3) is 0 Å². The van der Waals surface area contributed by atoms with Crippen LogP contribution in [0.1, 0.15) is 209 Å². The first-order valence-corrected chi connectivity index (χ1v) is 31.6. The lowest BCUT2D eigenvalue weighted by molar-refractivity contribution is -0.246. The summed E-state index contributed by atoms with van der Waals surface area (Å²) in [4.78, 5) is 77.9. The number of piperidine rings is 4. The molecule has 4 heterocycles. The van der Waals surface area contributed by atoms with Gasteiger partial charge in [-0.2, -0.15) is 20.3 Å². The van der Waals surface area contributed by atoms with Gasteiger partial charge in [-0.25, -0.2) is 0 Å². The Morgan fingerprint density at radius 2 is 0.550 bits per heavy atom. The molecule has 80 heavy (non-hydrogen) atoms. The fourth-order valence-electron chi connectivity index (χ4n) is 11.8. The van der Waals surface area contributed by atoms with E-state index in [-0.39, 0.29) is 104 Å². The van der Waals surface area contributed by atoms with Crippen molar-refractivity contribution in [3.63, 3.8) is 0 Å². The Morgan fingerprint density at radius 3 is 0.675 bits per heavy atom. The normalized spacial score (nSPS) is 22.7. The highest BCUT2D eigenvalue weighted by molar-refractivity contribution is 7.52. The zero-order valence-corrected chi connectivity index (χ0v) is 54.5. The minimum absolute atomic E-state index is 0.00186. The van der Waals surface area contributed by atoms with E-state index in [4.69, 9.17) is 31.0 Å². The molecule has 0 unspecified atom stereocenters. The van der Waals surface area contributed by atoms with Crippen molar-refractivity contribution >= 4 is 38.8 Å². The van der Waals surface area contributed by atoms with Crippen LogP contribution in [0.15, 0.2) is 0 Å². The minimum atomic E-state index is -3.94. The topological polar surface area (TPSA) is 389 Å². The van der Waals surface area contributed by atoms with Gasteiger partial charge in [0, 0.05) is 135 Å². The van der Waals surface area contributed by atoms with Crippen molar-refractivity contribution in [3.8, 4) is 0 Å². The summed E-state index contributed by atoms with van der Waals surface area (Å²) in [5, 5.41) is 60.6. The van der Waals surface area contributed by atoms with Crippen LogP contribution >= 0.6 is 15.2 Å². The highest BCUT2D eigenvalue weighted by atomic mass is 31.2. The molecule has 4 saturated heterocycles. The second kappa shape index (κ2) is 32.9. The zero-order chi connectivity index (χ0) is 63.5. The molecule has 0 aromatic heterocycles. The van der Waals surface area contributed by atoms with Crippen LogP contribution in [0.4, 0.5) is 0 Å². The van der Waals surface area contributed by atoms with E-state index in [0.717, 1.165) is 64.5 Å². The van der Waals surface area contributed by atoms with Gasteiger partial charge in [-0.15, -0.1) is 0 Å². The summed E-state index contributed by atoms with van der Waals surface area (Å²) in [6.07, 6.45) is 6.75. The molecule has 4 aliphatic rings. The summed E-state index contributed by atoms with van der Waals surface area (Å²) in [5.74, 6) is -0.00745. The van der Waals surface area contributed by atoms with Gasteiger partial charge >= 0.3 is 15.2 Å². The Bertz CT molecular complexity index is 1680. The van der Waals surface area contributed by atoms with E-state index < -0.39 is 15.2 Å². The maximum atomic E-state index is 11.0. The van der Waals surface area contributed by atoms with E-state index >= 15 is 0 Å². The maximum absolute atomic E-state index is 11.0. The molecule has 0 aromatic rings. The van der Waals surface area contributed by atoms with Gasteiger partial charge in [-0.05, 0) is 175 Å². The van der Waals surface area contributed by atoms with Crippen LogP contribution < -0.4 is 38.1 Å². The molecule has 25 nitrogen and oxygen atoms in total. The van der Waals surface area contributed by atoms with Crippen LogP contribution in [0.3, 0.4) is 0 Å². The minimum Gasteiger partial charge on any atom is -0.353 e. The van der Waals surface area contributed by atoms with E-state index in [1.807, 2.05) is 111 Å². The number of hydrogen-bond acceptors (Lipinski definition) is 17. The van der Waals surface area contributed by atoms with Gasteiger partial charge in [-0.1, -0.05) is 6.42 Å². The SMILES string of the molecule is CC(=O)NC1CC(C)(C)N(O)C(C)(C)C1.CC(=O)NC1CC(C)(C)N(O)C(C)(C)C1.CC(=O)NC1CC(C)(C)N(O)C(C)(C)C1.CC(=O)NC1CC(C)(C)N(O)C(C)(C)C1.NCCNCCN.O=P(O)(O)CCCCCP(=O)(O)O. The van der Waals surface area contributed by atoms with Crippen molar-refractivity contribution in [1.82, 2.24) is 46.8 Å². The van der Waals surface area contributed by atoms with E-state index in [9.17, 15) is 49.1 Å². The van der Waals surface area contributed by atoms with E-state index in [1.165, 1.54) is 47.9 Å². The van der Waals surface area contributed by atoms with Crippen molar-refractivity contribution in [2.75, 3.05) is 38.5 Å². The quantitative estimate of drug-likeness (QED) is 0.0791. The molecule has 27 heteroatoms. The van der Waals surface area contributed by atoms with Crippen LogP contribution in [-0.2, 0) is 28.3 Å². The van der Waals surface area contributed by atoms with Crippen molar-refractivity contribution in [1.29, 1.82) is 0 Å². The number of carbonyl (C=O) groups is 4. The first kappa shape index (κ1) is 79.8. The van der Waals surface area contributed by atoms with Gasteiger partial charge < -0.3 is 78.5 Å². The third kappa shape index (κ3) is 31.6. The number of hydrogen-bond donors (Lipinski definition) is 15. The van der Waals surface area contributed by atoms with Crippen molar-refractivity contribution in [2.24, 2.45) is 11.5 Å². The predicted molar refractivity (Wildman–Crippen MR) is 313 cm³/mol. The number of amides is 4. The first-order valence-electron chi connectivity index (χ1n) is 28.0. The van der Waals surface area contributed by atoms with E-state index in [0.29, 0.717) is 32.4 Å². The lowest BCUT2D eigenvalue weighted by atomic mass is 9.79. The zero-order valence-electron chi connectivity index (χ0n) is 52.7. The van der Waals surface area contributed by atoms with Gasteiger partial charge in [0.15, 0.2) is 0 Å². The second-order valence-corrected chi connectivity index (χ2v) is 30.7.